The van der Waals surface area contributed by atoms with E-state index in [0.717, 1.165) is 16.5 Å². The molecule has 0 aliphatic carbocycles. The fourth-order valence-corrected chi connectivity index (χ4v) is 2.60. The van der Waals surface area contributed by atoms with Gasteiger partial charge in [-0.2, -0.15) is 5.26 Å². The van der Waals surface area contributed by atoms with Crippen LogP contribution >= 0.6 is 11.6 Å². The molecular weight excluding hydrogens is 270 g/mol. The van der Waals surface area contributed by atoms with Gasteiger partial charge >= 0.3 is 0 Å². The van der Waals surface area contributed by atoms with E-state index in [1.165, 1.54) is 0 Å². The quantitative estimate of drug-likeness (QED) is 0.727. The van der Waals surface area contributed by atoms with E-state index < -0.39 is 0 Å². The molecule has 0 aliphatic heterocycles. The summed E-state index contributed by atoms with van der Waals surface area (Å²) in [5.74, 6) is 0. The molecule has 0 bridgehead atoms. The minimum atomic E-state index is 0.594. The molecular formula is C16H12ClN3. The molecule has 0 fully saturated rings. The first-order chi connectivity index (χ1) is 9.69. The summed E-state index contributed by atoms with van der Waals surface area (Å²) >= 11 is 6.01. The van der Waals surface area contributed by atoms with Gasteiger partial charge in [-0.1, -0.05) is 29.8 Å². The van der Waals surface area contributed by atoms with Crippen LogP contribution in [0.15, 0.2) is 48.5 Å². The first kappa shape index (κ1) is 12.6. The normalized spacial score (nSPS) is 10.6. The van der Waals surface area contributed by atoms with Crippen molar-refractivity contribution in [1.29, 1.82) is 5.26 Å². The van der Waals surface area contributed by atoms with Crippen LogP contribution in [-0.4, -0.2) is 4.57 Å². The first-order valence-corrected chi connectivity index (χ1v) is 6.59. The number of fused-ring (bicyclic) bond motifs is 1. The molecule has 0 aliphatic rings. The zero-order chi connectivity index (χ0) is 14.1. The van der Waals surface area contributed by atoms with Gasteiger partial charge in [0.2, 0.25) is 0 Å². The zero-order valence-corrected chi connectivity index (χ0v) is 11.4. The number of aromatic nitrogens is 1. The van der Waals surface area contributed by atoms with Crippen molar-refractivity contribution < 1.29 is 0 Å². The molecule has 1 heterocycles. The van der Waals surface area contributed by atoms with Crippen LogP contribution in [0.5, 0.6) is 0 Å². The maximum absolute atomic E-state index is 9.31. The first-order valence-electron chi connectivity index (χ1n) is 6.21. The van der Waals surface area contributed by atoms with Crippen LogP contribution in [0.2, 0.25) is 5.02 Å². The van der Waals surface area contributed by atoms with Gasteiger partial charge in [0.1, 0.15) is 11.8 Å². The standard InChI is InChI=1S/C16H12ClN3/c17-12-4-1-3-11(7-12)10-20-13(9-18)8-14-15(19)5-2-6-16(14)20/h1-8H,10,19H2. The number of nitrogens with two attached hydrogens (primary N) is 1. The number of benzene rings is 2. The fraction of sp³-hybridized carbons (Fsp3) is 0.0625. The van der Waals surface area contributed by atoms with Crippen molar-refractivity contribution in [1.82, 2.24) is 4.57 Å². The molecule has 1 aromatic heterocycles. The number of hydrogen-bond acceptors (Lipinski definition) is 2. The molecule has 20 heavy (non-hydrogen) atoms. The zero-order valence-electron chi connectivity index (χ0n) is 10.7. The predicted octanol–water partition coefficient (Wildman–Crippen LogP) is 3.80. The molecule has 2 N–H and O–H groups in total. The molecule has 0 atom stereocenters. The van der Waals surface area contributed by atoms with Crippen LogP contribution in [0.3, 0.4) is 0 Å². The number of hydrogen-bond donors (Lipinski definition) is 1. The van der Waals surface area contributed by atoms with Crippen molar-refractivity contribution in [3.05, 3.63) is 64.8 Å². The van der Waals surface area contributed by atoms with Crippen LogP contribution < -0.4 is 5.73 Å². The van der Waals surface area contributed by atoms with Gasteiger partial charge in [-0.05, 0) is 35.9 Å². The van der Waals surface area contributed by atoms with Crippen molar-refractivity contribution in [2.24, 2.45) is 0 Å². The van der Waals surface area contributed by atoms with Crippen LogP contribution in [0.1, 0.15) is 11.3 Å². The summed E-state index contributed by atoms with van der Waals surface area (Å²) in [7, 11) is 0. The van der Waals surface area contributed by atoms with Crippen molar-refractivity contribution in [2.45, 2.75) is 6.54 Å². The van der Waals surface area contributed by atoms with Crippen molar-refractivity contribution in [3.63, 3.8) is 0 Å². The third-order valence-corrected chi connectivity index (χ3v) is 3.56. The van der Waals surface area contributed by atoms with Crippen LogP contribution in [0.4, 0.5) is 5.69 Å². The van der Waals surface area contributed by atoms with E-state index >= 15 is 0 Å². The average Bonchev–Trinajstić information content (AvgIpc) is 2.79. The Morgan fingerprint density at radius 1 is 1.15 bits per heavy atom. The SMILES string of the molecule is N#Cc1cc2c(N)cccc2n1Cc1cccc(Cl)c1. The second-order valence-corrected chi connectivity index (χ2v) is 5.07. The molecule has 0 amide bonds. The van der Waals surface area contributed by atoms with Gasteiger partial charge in [-0.15, -0.1) is 0 Å². The molecule has 0 spiro atoms. The summed E-state index contributed by atoms with van der Waals surface area (Å²) in [5, 5.41) is 10.9. The molecule has 0 radical (unpaired) electrons. The van der Waals surface area contributed by atoms with Gasteiger partial charge < -0.3 is 10.3 Å². The van der Waals surface area contributed by atoms with Gasteiger partial charge in [0.25, 0.3) is 0 Å². The summed E-state index contributed by atoms with van der Waals surface area (Å²) < 4.78 is 1.96. The van der Waals surface area contributed by atoms with E-state index in [1.54, 1.807) is 0 Å². The summed E-state index contributed by atoms with van der Waals surface area (Å²) in [4.78, 5) is 0. The van der Waals surface area contributed by atoms with Crippen molar-refractivity contribution >= 4 is 28.2 Å². The Bertz CT molecular complexity index is 827. The Morgan fingerprint density at radius 2 is 1.95 bits per heavy atom. The van der Waals surface area contributed by atoms with Gasteiger partial charge in [0.15, 0.2) is 0 Å². The van der Waals surface area contributed by atoms with E-state index in [2.05, 4.69) is 6.07 Å². The maximum Gasteiger partial charge on any atom is 0.121 e. The molecule has 3 aromatic rings. The average molecular weight is 282 g/mol. The number of anilines is 1. The highest BCUT2D eigenvalue weighted by Crippen LogP contribution is 2.26. The third-order valence-electron chi connectivity index (χ3n) is 3.32. The van der Waals surface area contributed by atoms with E-state index in [-0.39, 0.29) is 0 Å². The van der Waals surface area contributed by atoms with Crippen LogP contribution in [0.25, 0.3) is 10.9 Å². The second kappa shape index (κ2) is 4.92. The number of nitriles is 1. The van der Waals surface area contributed by atoms with E-state index in [9.17, 15) is 5.26 Å². The van der Waals surface area contributed by atoms with Crippen molar-refractivity contribution in [3.8, 4) is 6.07 Å². The highest BCUT2D eigenvalue weighted by Gasteiger charge is 2.10. The third kappa shape index (κ3) is 2.11. The molecule has 3 nitrogen and oxygen atoms in total. The molecule has 0 saturated heterocycles. The minimum absolute atomic E-state index is 0.594. The molecule has 4 heteroatoms. The highest BCUT2D eigenvalue weighted by atomic mass is 35.5. The van der Waals surface area contributed by atoms with Crippen LogP contribution in [0, 0.1) is 11.3 Å². The van der Waals surface area contributed by atoms with E-state index in [4.69, 9.17) is 17.3 Å². The summed E-state index contributed by atoms with van der Waals surface area (Å²) in [6.07, 6.45) is 0. The largest absolute Gasteiger partial charge is 0.398 e. The molecule has 98 valence electrons. The lowest BCUT2D eigenvalue weighted by atomic mass is 10.2. The van der Waals surface area contributed by atoms with Crippen molar-refractivity contribution in [2.75, 3.05) is 5.73 Å². The minimum Gasteiger partial charge on any atom is -0.398 e. The lowest BCUT2D eigenvalue weighted by molar-refractivity contribution is 0.823. The topological polar surface area (TPSA) is 54.7 Å². The Labute approximate surface area is 121 Å². The monoisotopic (exact) mass is 281 g/mol. The lowest BCUT2D eigenvalue weighted by Gasteiger charge is -2.08. The van der Waals surface area contributed by atoms with E-state index in [0.29, 0.717) is 22.9 Å². The Balaban J connectivity index is 2.16. The summed E-state index contributed by atoms with van der Waals surface area (Å²) in [6, 6.07) is 17.4. The summed E-state index contributed by atoms with van der Waals surface area (Å²) in [6.45, 7) is 0.594. The Morgan fingerprint density at radius 3 is 2.70 bits per heavy atom. The smallest absolute Gasteiger partial charge is 0.121 e. The number of halogens is 1. The second-order valence-electron chi connectivity index (χ2n) is 4.64. The maximum atomic E-state index is 9.31. The molecule has 0 saturated carbocycles. The molecule has 0 unspecified atom stereocenters. The Hall–Kier alpha value is -2.44. The lowest BCUT2D eigenvalue weighted by Crippen LogP contribution is -2.02. The van der Waals surface area contributed by atoms with E-state index in [1.807, 2.05) is 53.1 Å². The number of rotatable bonds is 2. The Kier molecular flexibility index (Phi) is 3.09. The van der Waals surface area contributed by atoms with Gasteiger partial charge in [0.05, 0.1) is 5.52 Å². The molecule has 2 aromatic carbocycles. The predicted molar refractivity (Wildman–Crippen MR) is 81.6 cm³/mol. The fourth-order valence-electron chi connectivity index (χ4n) is 2.39. The number of nitrogens with zero attached hydrogens (tertiary/aromatic N) is 2. The summed E-state index contributed by atoms with van der Waals surface area (Å²) in [5.41, 5.74) is 9.26. The number of nitrogen functional groups attached to an aromatic ring is 1. The van der Waals surface area contributed by atoms with Gasteiger partial charge in [-0.25, -0.2) is 0 Å². The van der Waals surface area contributed by atoms with Crippen LogP contribution in [-0.2, 0) is 6.54 Å². The van der Waals surface area contributed by atoms with Gasteiger partial charge in [-0.3, -0.25) is 0 Å². The highest BCUT2D eigenvalue weighted by molar-refractivity contribution is 6.30. The van der Waals surface area contributed by atoms with Gasteiger partial charge in [0, 0.05) is 22.6 Å². The molecule has 3 rings (SSSR count).